The van der Waals surface area contributed by atoms with Gasteiger partial charge in [0, 0.05) is 11.9 Å². The minimum atomic E-state index is -3.21. The number of rotatable bonds is 3. The van der Waals surface area contributed by atoms with Crippen LogP contribution >= 0.6 is 0 Å². The zero-order valence-corrected chi connectivity index (χ0v) is 11.6. The minimum absolute atomic E-state index is 0.252. The van der Waals surface area contributed by atoms with E-state index in [9.17, 15) is 8.42 Å². The number of hydrogen-bond acceptors (Lipinski definition) is 5. The highest BCUT2D eigenvalue weighted by molar-refractivity contribution is 7.90. The van der Waals surface area contributed by atoms with E-state index in [2.05, 4.69) is 5.32 Å². The van der Waals surface area contributed by atoms with E-state index in [-0.39, 0.29) is 4.90 Å². The Bertz CT molecular complexity index is 775. The van der Waals surface area contributed by atoms with Gasteiger partial charge >= 0.3 is 0 Å². The van der Waals surface area contributed by atoms with Crippen molar-refractivity contribution >= 4 is 26.9 Å². The first-order valence-electron chi connectivity index (χ1n) is 5.77. The lowest BCUT2D eigenvalue weighted by Gasteiger charge is -2.10. The van der Waals surface area contributed by atoms with Crippen molar-refractivity contribution in [1.29, 1.82) is 5.26 Å². The maximum absolute atomic E-state index is 11.4. The van der Waals surface area contributed by atoms with E-state index in [1.165, 1.54) is 12.1 Å². The predicted molar refractivity (Wildman–Crippen MR) is 78.4 cm³/mol. The Labute approximate surface area is 117 Å². The predicted octanol–water partition coefficient (Wildman–Crippen LogP) is 2.29. The molecule has 0 saturated heterocycles. The summed E-state index contributed by atoms with van der Waals surface area (Å²) in [6.45, 7) is 0. The highest BCUT2D eigenvalue weighted by Gasteiger charge is 2.07. The van der Waals surface area contributed by atoms with Gasteiger partial charge in [-0.2, -0.15) is 5.26 Å². The third kappa shape index (κ3) is 3.08. The summed E-state index contributed by atoms with van der Waals surface area (Å²) in [5.74, 6) is 0. The third-order valence-electron chi connectivity index (χ3n) is 2.74. The molecule has 5 nitrogen and oxygen atoms in total. The van der Waals surface area contributed by atoms with Crippen molar-refractivity contribution in [2.75, 3.05) is 17.3 Å². The first kappa shape index (κ1) is 13.9. The molecule has 0 bridgehead atoms. The first-order valence-corrected chi connectivity index (χ1v) is 7.66. The van der Waals surface area contributed by atoms with Crippen molar-refractivity contribution in [2.45, 2.75) is 4.90 Å². The summed E-state index contributed by atoms with van der Waals surface area (Å²) in [6, 6.07) is 13.3. The van der Waals surface area contributed by atoms with Gasteiger partial charge < -0.3 is 11.1 Å². The topological polar surface area (TPSA) is 96.0 Å². The fourth-order valence-electron chi connectivity index (χ4n) is 1.68. The van der Waals surface area contributed by atoms with Crippen LogP contribution < -0.4 is 11.1 Å². The van der Waals surface area contributed by atoms with Gasteiger partial charge in [0.05, 0.1) is 27.9 Å². The van der Waals surface area contributed by atoms with Crippen LogP contribution in [0.5, 0.6) is 0 Å². The van der Waals surface area contributed by atoms with Gasteiger partial charge in [-0.3, -0.25) is 0 Å². The van der Waals surface area contributed by atoms with Gasteiger partial charge in [-0.1, -0.05) is 0 Å². The Morgan fingerprint density at radius 3 is 2.35 bits per heavy atom. The second-order valence-electron chi connectivity index (χ2n) is 4.34. The molecule has 0 fully saturated rings. The summed E-state index contributed by atoms with van der Waals surface area (Å²) in [6.07, 6.45) is 1.16. The van der Waals surface area contributed by atoms with Gasteiger partial charge in [0.25, 0.3) is 0 Å². The van der Waals surface area contributed by atoms with E-state index >= 15 is 0 Å². The molecule has 0 aromatic heterocycles. The van der Waals surface area contributed by atoms with Crippen molar-refractivity contribution in [1.82, 2.24) is 0 Å². The molecular weight excluding hydrogens is 274 g/mol. The summed E-state index contributed by atoms with van der Waals surface area (Å²) in [4.78, 5) is 0.252. The van der Waals surface area contributed by atoms with Gasteiger partial charge in [0.15, 0.2) is 9.84 Å². The highest BCUT2D eigenvalue weighted by Crippen LogP contribution is 2.25. The maximum atomic E-state index is 11.4. The number of anilines is 3. The second-order valence-corrected chi connectivity index (χ2v) is 6.35. The Morgan fingerprint density at radius 2 is 1.80 bits per heavy atom. The Balaban J connectivity index is 2.29. The van der Waals surface area contributed by atoms with Crippen LogP contribution in [0.2, 0.25) is 0 Å². The van der Waals surface area contributed by atoms with Gasteiger partial charge in [0.1, 0.15) is 0 Å². The number of nitrogens with two attached hydrogens (primary N) is 1. The lowest BCUT2D eigenvalue weighted by atomic mass is 10.2. The molecule has 0 amide bonds. The van der Waals surface area contributed by atoms with Crippen molar-refractivity contribution in [3.63, 3.8) is 0 Å². The molecule has 2 rings (SSSR count). The van der Waals surface area contributed by atoms with Crippen LogP contribution in [0.4, 0.5) is 17.1 Å². The van der Waals surface area contributed by atoms with E-state index in [1.54, 1.807) is 30.3 Å². The Hall–Kier alpha value is -2.52. The molecule has 0 heterocycles. The summed E-state index contributed by atoms with van der Waals surface area (Å²) in [5.41, 5.74) is 8.13. The molecule has 0 spiro atoms. The number of sulfone groups is 1. The number of nitrogens with one attached hydrogen (secondary N) is 1. The fourth-order valence-corrected chi connectivity index (χ4v) is 2.31. The van der Waals surface area contributed by atoms with Gasteiger partial charge in [-0.05, 0) is 42.5 Å². The monoisotopic (exact) mass is 287 g/mol. The first-order chi connectivity index (χ1) is 9.40. The molecule has 102 valence electrons. The van der Waals surface area contributed by atoms with E-state index in [0.717, 1.165) is 6.26 Å². The average molecular weight is 287 g/mol. The zero-order valence-electron chi connectivity index (χ0n) is 10.8. The standard InChI is InChI=1S/C14H13N3O2S/c1-20(18,19)12-5-3-11(4-6-12)17-14-8-10(9-15)2-7-13(14)16/h2-8,17H,16H2,1H3. The van der Waals surface area contributed by atoms with Crippen LogP contribution in [0.1, 0.15) is 5.56 Å². The zero-order chi connectivity index (χ0) is 14.8. The van der Waals surface area contributed by atoms with Gasteiger partial charge in [0.2, 0.25) is 0 Å². The lowest BCUT2D eigenvalue weighted by molar-refractivity contribution is 0.602. The van der Waals surface area contributed by atoms with Crippen molar-refractivity contribution < 1.29 is 8.42 Å². The smallest absolute Gasteiger partial charge is 0.175 e. The Kier molecular flexibility index (Phi) is 3.63. The van der Waals surface area contributed by atoms with Crippen LogP contribution in [0.15, 0.2) is 47.4 Å². The molecule has 0 aliphatic rings. The van der Waals surface area contributed by atoms with Crippen molar-refractivity contribution in [3.8, 4) is 6.07 Å². The number of hydrogen-bond donors (Lipinski definition) is 2. The molecule has 0 unspecified atom stereocenters. The van der Waals surface area contributed by atoms with Gasteiger partial charge in [-0.15, -0.1) is 0 Å². The van der Waals surface area contributed by atoms with E-state index in [4.69, 9.17) is 11.0 Å². The molecule has 0 atom stereocenters. The molecule has 0 radical (unpaired) electrons. The molecule has 6 heteroatoms. The minimum Gasteiger partial charge on any atom is -0.397 e. The van der Waals surface area contributed by atoms with E-state index in [0.29, 0.717) is 22.6 Å². The van der Waals surface area contributed by atoms with Gasteiger partial charge in [-0.25, -0.2) is 8.42 Å². The molecule has 3 N–H and O–H groups in total. The number of nitrogens with zero attached hydrogens (tertiary/aromatic N) is 1. The molecular formula is C14H13N3O2S. The molecule has 2 aromatic carbocycles. The molecule has 2 aromatic rings. The quantitative estimate of drug-likeness (QED) is 0.844. The van der Waals surface area contributed by atoms with Crippen molar-refractivity contribution in [3.05, 3.63) is 48.0 Å². The molecule has 0 aliphatic carbocycles. The maximum Gasteiger partial charge on any atom is 0.175 e. The van der Waals surface area contributed by atoms with Crippen LogP contribution in [0.3, 0.4) is 0 Å². The van der Waals surface area contributed by atoms with Crippen molar-refractivity contribution in [2.24, 2.45) is 0 Å². The molecule has 0 saturated carbocycles. The normalized spacial score (nSPS) is 10.8. The summed E-state index contributed by atoms with van der Waals surface area (Å²) in [5, 5.41) is 11.9. The van der Waals surface area contributed by atoms with E-state index in [1.807, 2.05) is 6.07 Å². The number of nitrogen functional groups attached to an aromatic ring is 1. The second kappa shape index (κ2) is 5.23. The molecule has 0 aliphatic heterocycles. The largest absolute Gasteiger partial charge is 0.397 e. The fraction of sp³-hybridized carbons (Fsp3) is 0.0714. The van der Waals surface area contributed by atoms with Crippen LogP contribution in [-0.4, -0.2) is 14.7 Å². The summed E-state index contributed by atoms with van der Waals surface area (Å²) < 4.78 is 22.7. The van der Waals surface area contributed by atoms with Crippen LogP contribution in [-0.2, 0) is 9.84 Å². The summed E-state index contributed by atoms with van der Waals surface area (Å²) in [7, 11) is -3.21. The third-order valence-corrected chi connectivity index (χ3v) is 3.87. The number of benzene rings is 2. The van der Waals surface area contributed by atoms with Crippen LogP contribution in [0, 0.1) is 11.3 Å². The Morgan fingerprint density at radius 1 is 1.15 bits per heavy atom. The van der Waals surface area contributed by atoms with Crippen LogP contribution in [0.25, 0.3) is 0 Å². The van der Waals surface area contributed by atoms with E-state index < -0.39 is 9.84 Å². The number of nitriles is 1. The lowest BCUT2D eigenvalue weighted by Crippen LogP contribution is -1.99. The average Bonchev–Trinajstić information content (AvgIpc) is 2.41. The molecule has 20 heavy (non-hydrogen) atoms. The highest BCUT2D eigenvalue weighted by atomic mass is 32.2. The SMILES string of the molecule is CS(=O)(=O)c1ccc(Nc2cc(C#N)ccc2N)cc1. The summed E-state index contributed by atoms with van der Waals surface area (Å²) >= 11 is 0.